The van der Waals surface area contributed by atoms with Crippen LogP contribution in [0.2, 0.25) is 0 Å². The molecule has 8 heteroatoms. The molecule has 1 aromatic rings. The molecule has 132 valence electrons. The summed E-state index contributed by atoms with van der Waals surface area (Å²) in [5, 5.41) is 25.7. The minimum absolute atomic E-state index is 0.134. The highest BCUT2D eigenvalue weighted by Gasteiger charge is 2.19. The predicted octanol–water partition coefficient (Wildman–Crippen LogP) is 4.75. The molecule has 0 saturated carbocycles. The summed E-state index contributed by atoms with van der Waals surface area (Å²) < 4.78 is 0. The molecule has 1 atom stereocenters. The number of hydrogen-bond acceptors (Lipinski definition) is 6. The zero-order valence-electron chi connectivity index (χ0n) is 14.3. The maximum Gasteiger partial charge on any atom is 0.301 e. The molecule has 1 unspecified atom stereocenters. The van der Waals surface area contributed by atoms with E-state index in [2.05, 4.69) is 31.3 Å². The molecule has 8 nitrogen and oxygen atoms in total. The van der Waals surface area contributed by atoms with Gasteiger partial charge in [0.05, 0.1) is 15.9 Å². The fourth-order valence-electron chi connectivity index (χ4n) is 2.22. The van der Waals surface area contributed by atoms with Gasteiger partial charge in [-0.1, -0.05) is 40.0 Å². The Morgan fingerprint density at radius 3 is 2.46 bits per heavy atom. The maximum absolute atomic E-state index is 11.0. The predicted molar refractivity (Wildman–Crippen MR) is 94.3 cm³/mol. The van der Waals surface area contributed by atoms with Gasteiger partial charge in [0.2, 0.25) is 0 Å². The molecule has 0 fully saturated rings. The van der Waals surface area contributed by atoms with Gasteiger partial charge in [0.25, 0.3) is 5.69 Å². The van der Waals surface area contributed by atoms with Gasteiger partial charge in [-0.15, -0.1) is 0 Å². The zero-order chi connectivity index (χ0) is 18.1. The third-order valence-corrected chi connectivity index (χ3v) is 3.65. The van der Waals surface area contributed by atoms with E-state index in [1.54, 1.807) is 6.21 Å². The van der Waals surface area contributed by atoms with Crippen molar-refractivity contribution in [3.63, 3.8) is 0 Å². The third-order valence-electron chi connectivity index (χ3n) is 3.65. The standard InChI is InChI=1S/C16H24N4O4/c1-12(2)5-4-6-13(3)9-10-17-18-15-8-7-14(19(21)22)11-16(15)20(23)24/h7-8,10-13,18H,4-6,9H2,1-3H3/b17-10+. The highest BCUT2D eigenvalue weighted by atomic mass is 16.6. The largest absolute Gasteiger partial charge is 0.301 e. The fraction of sp³-hybridized carbons (Fsp3) is 0.562. The van der Waals surface area contributed by atoms with Crippen LogP contribution in [0.3, 0.4) is 0 Å². The number of non-ortho nitro benzene ring substituents is 1. The molecule has 1 N–H and O–H groups in total. The Morgan fingerprint density at radius 1 is 1.17 bits per heavy atom. The van der Waals surface area contributed by atoms with Crippen molar-refractivity contribution in [3.05, 3.63) is 38.4 Å². The minimum Gasteiger partial charge on any atom is -0.272 e. The molecule has 0 aliphatic rings. The number of nitrogens with one attached hydrogen (secondary N) is 1. The molecule has 0 radical (unpaired) electrons. The van der Waals surface area contributed by atoms with E-state index >= 15 is 0 Å². The summed E-state index contributed by atoms with van der Waals surface area (Å²) >= 11 is 0. The number of anilines is 1. The van der Waals surface area contributed by atoms with Crippen LogP contribution in [0.25, 0.3) is 0 Å². The highest BCUT2D eigenvalue weighted by Crippen LogP contribution is 2.28. The number of hydrogen-bond donors (Lipinski definition) is 1. The Labute approximate surface area is 141 Å². The van der Waals surface area contributed by atoms with E-state index < -0.39 is 9.85 Å². The van der Waals surface area contributed by atoms with Crippen LogP contribution in [0, 0.1) is 32.1 Å². The first-order valence-electron chi connectivity index (χ1n) is 8.01. The van der Waals surface area contributed by atoms with Crippen molar-refractivity contribution in [2.24, 2.45) is 16.9 Å². The number of benzene rings is 1. The number of hydrazone groups is 1. The van der Waals surface area contributed by atoms with Crippen molar-refractivity contribution in [3.8, 4) is 0 Å². The molecule has 0 spiro atoms. The van der Waals surface area contributed by atoms with E-state index in [4.69, 9.17) is 0 Å². The van der Waals surface area contributed by atoms with Crippen molar-refractivity contribution in [1.29, 1.82) is 0 Å². The van der Waals surface area contributed by atoms with Crippen LogP contribution in [-0.4, -0.2) is 16.1 Å². The van der Waals surface area contributed by atoms with Gasteiger partial charge in [0, 0.05) is 12.3 Å². The van der Waals surface area contributed by atoms with Gasteiger partial charge < -0.3 is 0 Å². The summed E-state index contributed by atoms with van der Waals surface area (Å²) in [6.45, 7) is 6.54. The first-order valence-corrected chi connectivity index (χ1v) is 8.01. The molecule has 1 aromatic carbocycles. The Bertz CT molecular complexity index is 602. The van der Waals surface area contributed by atoms with E-state index in [0.717, 1.165) is 18.9 Å². The zero-order valence-corrected chi connectivity index (χ0v) is 14.3. The van der Waals surface area contributed by atoms with E-state index in [-0.39, 0.29) is 17.1 Å². The highest BCUT2D eigenvalue weighted by molar-refractivity contribution is 5.67. The number of nitro groups is 2. The van der Waals surface area contributed by atoms with Crippen molar-refractivity contribution >= 4 is 23.3 Å². The molecule has 0 aliphatic carbocycles. The second-order valence-electron chi connectivity index (χ2n) is 6.30. The lowest BCUT2D eigenvalue weighted by Crippen LogP contribution is -2.00. The van der Waals surface area contributed by atoms with Gasteiger partial charge in [0.1, 0.15) is 5.69 Å². The summed E-state index contributed by atoms with van der Waals surface area (Å²) in [7, 11) is 0. The summed E-state index contributed by atoms with van der Waals surface area (Å²) in [6, 6.07) is 3.42. The Hall–Kier alpha value is -2.51. The van der Waals surface area contributed by atoms with E-state index in [1.807, 2.05) is 0 Å². The van der Waals surface area contributed by atoms with Crippen LogP contribution < -0.4 is 5.43 Å². The van der Waals surface area contributed by atoms with Gasteiger partial charge in [-0.2, -0.15) is 5.10 Å². The van der Waals surface area contributed by atoms with E-state index in [0.29, 0.717) is 11.8 Å². The molecule has 0 amide bonds. The summed E-state index contributed by atoms with van der Waals surface area (Å²) in [6.07, 6.45) is 5.95. The van der Waals surface area contributed by atoms with Gasteiger partial charge in [-0.05, 0) is 24.3 Å². The molecular weight excluding hydrogens is 312 g/mol. The average molecular weight is 336 g/mol. The fourth-order valence-corrected chi connectivity index (χ4v) is 2.22. The summed E-state index contributed by atoms with van der Waals surface area (Å²) in [5.41, 5.74) is 2.04. The van der Waals surface area contributed by atoms with Crippen LogP contribution >= 0.6 is 0 Å². The first kappa shape index (κ1) is 19.5. The monoisotopic (exact) mass is 336 g/mol. The lowest BCUT2D eigenvalue weighted by molar-refractivity contribution is -0.393. The van der Waals surface area contributed by atoms with Crippen molar-refractivity contribution in [2.75, 3.05) is 5.43 Å². The normalized spacial score (nSPS) is 12.5. The molecule has 0 bridgehead atoms. The third kappa shape index (κ3) is 6.72. The molecule has 24 heavy (non-hydrogen) atoms. The topological polar surface area (TPSA) is 111 Å². The van der Waals surface area contributed by atoms with Gasteiger partial charge in [-0.25, -0.2) is 0 Å². The number of nitro benzene ring substituents is 2. The van der Waals surface area contributed by atoms with Gasteiger partial charge in [-0.3, -0.25) is 25.7 Å². The molecule has 0 aliphatic heterocycles. The lowest BCUT2D eigenvalue weighted by atomic mass is 9.98. The summed E-state index contributed by atoms with van der Waals surface area (Å²) in [5.74, 6) is 1.19. The molecular formula is C16H24N4O4. The Morgan fingerprint density at radius 2 is 1.88 bits per heavy atom. The van der Waals surface area contributed by atoms with Crippen molar-refractivity contribution in [1.82, 2.24) is 0 Å². The van der Waals surface area contributed by atoms with Crippen LogP contribution in [0.15, 0.2) is 23.3 Å². The number of rotatable bonds is 10. The Kier molecular flexibility index (Phi) is 7.81. The maximum atomic E-state index is 11.0. The lowest BCUT2D eigenvalue weighted by Gasteiger charge is -2.09. The average Bonchev–Trinajstić information content (AvgIpc) is 2.50. The second-order valence-corrected chi connectivity index (χ2v) is 6.30. The van der Waals surface area contributed by atoms with E-state index in [1.165, 1.54) is 25.0 Å². The van der Waals surface area contributed by atoms with Gasteiger partial charge >= 0.3 is 5.69 Å². The SMILES string of the molecule is CC(C)CCCC(C)C/C=N/Nc1ccc([N+](=O)[O-])cc1[N+](=O)[O-]. The quantitative estimate of drug-likeness (QED) is 0.376. The molecule has 0 heterocycles. The number of nitrogens with zero attached hydrogens (tertiary/aromatic N) is 3. The van der Waals surface area contributed by atoms with Crippen LogP contribution in [-0.2, 0) is 0 Å². The van der Waals surface area contributed by atoms with Gasteiger partial charge in [0.15, 0.2) is 0 Å². The van der Waals surface area contributed by atoms with E-state index in [9.17, 15) is 20.2 Å². The van der Waals surface area contributed by atoms with Crippen LogP contribution in [0.1, 0.15) is 46.5 Å². The van der Waals surface area contributed by atoms with Crippen molar-refractivity contribution < 1.29 is 9.85 Å². The summed E-state index contributed by atoms with van der Waals surface area (Å²) in [4.78, 5) is 20.4. The Balaban J connectivity index is 2.57. The van der Waals surface area contributed by atoms with Crippen LogP contribution in [0.4, 0.5) is 17.1 Å². The smallest absolute Gasteiger partial charge is 0.272 e. The van der Waals surface area contributed by atoms with Crippen molar-refractivity contribution in [2.45, 2.75) is 46.5 Å². The molecule has 0 saturated heterocycles. The second kappa shape index (κ2) is 9.59. The minimum atomic E-state index is -0.668. The van der Waals surface area contributed by atoms with Crippen LogP contribution in [0.5, 0.6) is 0 Å². The molecule has 1 rings (SSSR count). The first-order chi connectivity index (χ1) is 11.3. The molecule has 0 aromatic heterocycles.